The number of rotatable bonds is 7. The molecule has 3 rings (SSSR count). The fourth-order valence-electron chi connectivity index (χ4n) is 3.34. The smallest absolute Gasteiger partial charge is 0.227 e. The van der Waals surface area contributed by atoms with Crippen molar-refractivity contribution in [3.8, 4) is 11.5 Å². The lowest BCUT2D eigenvalue weighted by Gasteiger charge is -2.19. The summed E-state index contributed by atoms with van der Waals surface area (Å²) in [4.78, 5) is 26.6. The molecular weight excluding hydrogens is 344 g/mol. The lowest BCUT2D eigenvalue weighted by Crippen LogP contribution is -2.34. The van der Waals surface area contributed by atoms with Gasteiger partial charge >= 0.3 is 0 Å². The number of amides is 2. The fraction of sp³-hybridized carbons (Fsp3) is 0.333. The number of ether oxygens (including phenoxy) is 2. The van der Waals surface area contributed by atoms with E-state index in [1.807, 2.05) is 48.5 Å². The maximum atomic E-state index is 12.5. The molecule has 0 aromatic heterocycles. The normalized spacial score (nSPS) is 16.3. The minimum absolute atomic E-state index is 0.0654. The van der Waals surface area contributed by atoms with Crippen molar-refractivity contribution in [2.24, 2.45) is 5.92 Å². The van der Waals surface area contributed by atoms with E-state index >= 15 is 0 Å². The van der Waals surface area contributed by atoms with Gasteiger partial charge in [-0.25, -0.2) is 0 Å². The number of hydrogen-bond donors (Lipinski definition) is 1. The van der Waals surface area contributed by atoms with E-state index in [0.29, 0.717) is 30.9 Å². The summed E-state index contributed by atoms with van der Waals surface area (Å²) >= 11 is 0. The molecule has 6 nitrogen and oxygen atoms in total. The van der Waals surface area contributed by atoms with Crippen LogP contribution < -0.4 is 19.7 Å². The summed E-state index contributed by atoms with van der Waals surface area (Å²) < 4.78 is 10.7. The highest BCUT2D eigenvalue weighted by atomic mass is 16.5. The van der Waals surface area contributed by atoms with Crippen molar-refractivity contribution < 1.29 is 19.1 Å². The average molecular weight is 368 g/mol. The molecule has 2 aromatic rings. The highest BCUT2D eigenvalue weighted by Crippen LogP contribution is 2.32. The van der Waals surface area contributed by atoms with Gasteiger partial charge in [0.25, 0.3) is 0 Å². The van der Waals surface area contributed by atoms with Crippen LogP contribution in [-0.2, 0) is 16.0 Å². The third kappa shape index (κ3) is 4.22. The molecule has 0 saturated carbocycles. The van der Waals surface area contributed by atoms with Crippen molar-refractivity contribution in [1.29, 1.82) is 0 Å². The van der Waals surface area contributed by atoms with Gasteiger partial charge in [-0.3, -0.25) is 9.59 Å². The van der Waals surface area contributed by atoms with Gasteiger partial charge in [0, 0.05) is 19.5 Å². The molecule has 1 saturated heterocycles. The SMILES string of the molecule is COc1ccccc1CCNC(=O)[C@@H]1CC(=O)N(c2ccccc2OC)C1. The number of hydrogen-bond acceptors (Lipinski definition) is 4. The van der Waals surface area contributed by atoms with E-state index in [1.54, 1.807) is 19.1 Å². The average Bonchev–Trinajstić information content (AvgIpc) is 3.09. The zero-order valence-electron chi connectivity index (χ0n) is 15.6. The maximum Gasteiger partial charge on any atom is 0.227 e. The molecule has 0 aliphatic carbocycles. The summed E-state index contributed by atoms with van der Waals surface area (Å²) in [7, 11) is 3.20. The van der Waals surface area contributed by atoms with Crippen molar-refractivity contribution in [2.45, 2.75) is 12.8 Å². The molecule has 0 bridgehead atoms. The van der Waals surface area contributed by atoms with E-state index in [-0.39, 0.29) is 24.2 Å². The molecule has 2 aromatic carbocycles. The molecule has 1 heterocycles. The van der Waals surface area contributed by atoms with Crippen LogP contribution in [0.25, 0.3) is 0 Å². The zero-order valence-corrected chi connectivity index (χ0v) is 15.6. The van der Waals surface area contributed by atoms with Crippen LogP contribution in [0.4, 0.5) is 5.69 Å². The largest absolute Gasteiger partial charge is 0.496 e. The first-order valence-corrected chi connectivity index (χ1v) is 8.97. The predicted molar refractivity (Wildman–Crippen MR) is 103 cm³/mol. The van der Waals surface area contributed by atoms with Gasteiger partial charge in [0.15, 0.2) is 0 Å². The van der Waals surface area contributed by atoms with Crippen molar-refractivity contribution >= 4 is 17.5 Å². The minimum Gasteiger partial charge on any atom is -0.496 e. The predicted octanol–water partition coefficient (Wildman–Crippen LogP) is 2.42. The van der Waals surface area contributed by atoms with Gasteiger partial charge in [-0.1, -0.05) is 30.3 Å². The Morgan fingerprint density at radius 3 is 2.48 bits per heavy atom. The van der Waals surface area contributed by atoms with Crippen molar-refractivity contribution in [2.75, 3.05) is 32.2 Å². The number of carbonyl (C=O) groups excluding carboxylic acids is 2. The lowest BCUT2D eigenvalue weighted by molar-refractivity contribution is -0.126. The van der Waals surface area contributed by atoms with Crippen LogP contribution in [0.5, 0.6) is 11.5 Å². The first kappa shape index (κ1) is 18.8. The van der Waals surface area contributed by atoms with Crippen LogP contribution in [0.2, 0.25) is 0 Å². The first-order chi connectivity index (χ1) is 13.1. The Hall–Kier alpha value is -3.02. The molecule has 2 amide bonds. The second kappa shape index (κ2) is 8.58. The van der Waals surface area contributed by atoms with E-state index in [0.717, 1.165) is 11.3 Å². The summed E-state index contributed by atoms with van der Waals surface area (Å²) in [5.74, 6) is 0.910. The van der Waals surface area contributed by atoms with Gasteiger partial charge in [-0.05, 0) is 30.2 Å². The highest BCUT2D eigenvalue weighted by Gasteiger charge is 2.36. The van der Waals surface area contributed by atoms with Crippen molar-refractivity contribution in [3.63, 3.8) is 0 Å². The Labute approximate surface area is 159 Å². The highest BCUT2D eigenvalue weighted by molar-refractivity contribution is 6.01. The molecule has 0 unspecified atom stereocenters. The topological polar surface area (TPSA) is 67.9 Å². The summed E-state index contributed by atoms with van der Waals surface area (Å²) in [6.45, 7) is 0.859. The minimum atomic E-state index is -0.361. The molecule has 6 heteroatoms. The van der Waals surface area contributed by atoms with E-state index < -0.39 is 0 Å². The van der Waals surface area contributed by atoms with Crippen LogP contribution >= 0.6 is 0 Å². The second-order valence-corrected chi connectivity index (χ2v) is 6.43. The summed E-state index contributed by atoms with van der Waals surface area (Å²) in [6.07, 6.45) is 0.880. The summed E-state index contributed by atoms with van der Waals surface area (Å²) in [5, 5.41) is 2.94. The first-order valence-electron chi connectivity index (χ1n) is 8.97. The third-order valence-corrected chi connectivity index (χ3v) is 4.76. The van der Waals surface area contributed by atoms with E-state index in [1.165, 1.54) is 0 Å². The van der Waals surface area contributed by atoms with E-state index in [9.17, 15) is 9.59 Å². The van der Waals surface area contributed by atoms with Crippen LogP contribution in [-0.4, -0.2) is 39.1 Å². The molecule has 0 spiro atoms. The Balaban J connectivity index is 1.58. The number of nitrogens with one attached hydrogen (secondary N) is 1. The molecule has 1 aliphatic heterocycles. The number of carbonyl (C=O) groups is 2. The van der Waals surface area contributed by atoms with Gasteiger partial charge in [0.2, 0.25) is 11.8 Å². The zero-order chi connectivity index (χ0) is 19.2. The Kier molecular flexibility index (Phi) is 5.96. The van der Waals surface area contributed by atoms with Crippen molar-refractivity contribution in [3.05, 3.63) is 54.1 Å². The quantitative estimate of drug-likeness (QED) is 0.815. The number of benzene rings is 2. The fourth-order valence-corrected chi connectivity index (χ4v) is 3.34. The van der Waals surface area contributed by atoms with E-state index in [4.69, 9.17) is 9.47 Å². The van der Waals surface area contributed by atoms with Crippen LogP contribution in [0.3, 0.4) is 0 Å². The Morgan fingerprint density at radius 1 is 1.07 bits per heavy atom. The third-order valence-electron chi connectivity index (χ3n) is 4.76. The van der Waals surface area contributed by atoms with Crippen LogP contribution in [0.15, 0.2) is 48.5 Å². The number of nitrogens with zero attached hydrogens (tertiary/aromatic N) is 1. The second-order valence-electron chi connectivity index (χ2n) is 6.43. The molecule has 1 atom stereocenters. The summed E-state index contributed by atoms with van der Waals surface area (Å²) in [5.41, 5.74) is 1.74. The van der Waals surface area contributed by atoms with Gasteiger partial charge in [-0.2, -0.15) is 0 Å². The standard InChI is InChI=1S/C21H24N2O4/c1-26-18-9-5-3-7-15(18)11-12-22-21(25)16-13-20(24)23(14-16)17-8-4-6-10-19(17)27-2/h3-10,16H,11-14H2,1-2H3,(H,22,25)/t16-/m1/s1. The Bertz CT molecular complexity index is 821. The van der Waals surface area contributed by atoms with Crippen LogP contribution in [0, 0.1) is 5.92 Å². The number of anilines is 1. The molecule has 0 radical (unpaired) electrons. The molecule has 142 valence electrons. The summed E-state index contributed by atoms with van der Waals surface area (Å²) in [6, 6.07) is 15.1. The number of para-hydroxylation sites is 3. The van der Waals surface area contributed by atoms with Gasteiger partial charge in [-0.15, -0.1) is 0 Å². The van der Waals surface area contributed by atoms with Crippen LogP contribution in [0.1, 0.15) is 12.0 Å². The maximum absolute atomic E-state index is 12.5. The number of methoxy groups -OCH3 is 2. The Morgan fingerprint density at radius 2 is 1.74 bits per heavy atom. The molecule has 1 N–H and O–H groups in total. The lowest BCUT2D eigenvalue weighted by atomic mass is 10.1. The van der Waals surface area contributed by atoms with Gasteiger partial charge < -0.3 is 19.7 Å². The molecule has 1 fully saturated rings. The van der Waals surface area contributed by atoms with Gasteiger partial charge in [0.05, 0.1) is 25.8 Å². The van der Waals surface area contributed by atoms with Gasteiger partial charge in [0.1, 0.15) is 11.5 Å². The molecule has 1 aliphatic rings. The monoisotopic (exact) mass is 368 g/mol. The van der Waals surface area contributed by atoms with Crippen molar-refractivity contribution in [1.82, 2.24) is 5.32 Å². The van der Waals surface area contributed by atoms with E-state index in [2.05, 4.69) is 5.32 Å². The molecular formula is C21H24N2O4. The molecule has 27 heavy (non-hydrogen) atoms.